The molecule has 5 aliphatic carbocycles. The van der Waals surface area contributed by atoms with Gasteiger partial charge in [-0.2, -0.15) is 0 Å². The lowest BCUT2D eigenvalue weighted by Crippen LogP contribution is -2.24. The topological polar surface area (TPSA) is 20.2 Å². The maximum absolute atomic E-state index is 10.5. The predicted molar refractivity (Wildman–Crippen MR) is 138 cm³/mol. The molecule has 1 aromatic rings. The second-order valence-electron chi connectivity index (χ2n) is 10.7. The molecule has 0 heterocycles. The molecular weight excluding hydrogens is 400 g/mol. The monoisotopic (exact) mass is 434 g/mol. The number of phenols is 1. The normalized spacial score (nSPS) is 30.5. The van der Waals surface area contributed by atoms with Gasteiger partial charge in [-0.1, -0.05) is 62.4 Å². The lowest BCUT2D eigenvalue weighted by atomic mass is 9.64. The van der Waals surface area contributed by atoms with E-state index >= 15 is 0 Å². The summed E-state index contributed by atoms with van der Waals surface area (Å²) in [6.07, 6.45) is 26.4. The van der Waals surface area contributed by atoms with Crippen LogP contribution in [0.3, 0.4) is 0 Å². The molecule has 0 aliphatic heterocycles. The SMILES string of the molecule is CC1C=C(C2=CC3=C(CC(C4=CC(C)CC=C4)c4ccc(O)cc43)C3=CCCCC23)C=CC1. The van der Waals surface area contributed by atoms with Crippen LogP contribution in [0.2, 0.25) is 0 Å². The van der Waals surface area contributed by atoms with Crippen LogP contribution >= 0.6 is 0 Å². The van der Waals surface area contributed by atoms with Crippen LogP contribution in [0.25, 0.3) is 5.57 Å². The van der Waals surface area contributed by atoms with E-state index < -0.39 is 0 Å². The molecule has 4 unspecified atom stereocenters. The Kier molecular flexibility index (Phi) is 5.17. The highest BCUT2D eigenvalue weighted by atomic mass is 16.3. The Balaban J connectivity index is 1.54. The zero-order chi connectivity index (χ0) is 22.5. The van der Waals surface area contributed by atoms with Crippen LogP contribution in [0, 0.1) is 17.8 Å². The second-order valence-corrected chi connectivity index (χ2v) is 10.7. The van der Waals surface area contributed by atoms with Crippen molar-refractivity contribution in [2.24, 2.45) is 17.8 Å². The van der Waals surface area contributed by atoms with Gasteiger partial charge in [0.15, 0.2) is 0 Å². The van der Waals surface area contributed by atoms with Crippen LogP contribution < -0.4 is 0 Å². The molecule has 168 valence electrons. The molecular formula is C32H34O. The molecule has 6 rings (SSSR count). The zero-order valence-electron chi connectivity index (χ0n) is 19.9. The number of fused-ring (bicyclic) bond motifs is 4. The highest BCUT2D eigenvalue weighted by Crippen LogP contribution is 2.54. The molecule has 1 aromatic carbocycles. The van der Waals surface area contributed by atoms with Gasteiger partial charge in [-0.15, -0.1) is 0 Å². The number of rotatable bonds is 2. The first-order valence-electron chi connectivity index (χ1n) is 12.8. The standard InChI is InChI=1S/C32H34O/c1-20-7-5-9-22(15-20)28-19-32-30-17-24(33)13-14-27(30)29(23-10-6-8-21(2)16-23)18-31(32)26-12-4-3-11-25(26)28/h5-6,9-10,12-17,19-21,25,29,33H,3-4,7-8,11,18H2,1-2H3. The molecule has 0 saturated carbocycles. The van der Waals surface area contributed by atoms with Crippen LogP contribution in [0.1, 0.15) is 69.4 Å². The Labute approximate surface area is 198 Å². The van der Waals surface area contributed by atoms with Gasteiger partial charge in [0.1, 0.15) is 5.75 Å². The van der Waals surface area contributed by atoms with E-state index in [1.807, 2.05) is 12.1 Å². The third-order valence-corrected chi connectivity index (χ3v) is 8.20. The number of hydrogen-bond acceptors (Lipinski definition) is 1. The molecule has 0 bridgehead atoms. The molecule has 0 saturated heterocycles. The van der Waals surface area contributed by atoms with Gasteiger partial charge >= 0.3 is 0 Å². The Bertz CT molecular complexity index is 1210. The van der Waals surface area contributed by atoms with E-state index in [1.165, 1.54) is 58.3 Å². The summed E-state index contributed by atoms with van der Waals surface area (Å²) in [5.74, 6) is 2.42. The molecule has 0 radical (unpaired) electrons. The zero-order valence-corrected chi connectivity index (χ0v) is 19.9. The first-order valence-corrected chi connectivity index (χ1v) is 12.8. The molecule has 0 spiro atoms. The summed E-state index contributed by atoms with van der Waals surface area (Å²) >= 11 is 0. The fourth-order valence-corrected chi connectivity index (χ4v) is 6.61. The van der Waals surface area contributed by atoms with Crippen molar-refractivity contribution in [3.8, 4) is 5.75 Å². The predicted octanol–water partition coefficient (Wildman–Crippen LogP) is 8.34. The van der Waals surface area contributed by atoms with Crippen LogP contribution in [-0.4, -0.2) is 5.11 Å². The minimum absolute atomic E-state index is 0.364. The summed E-state index contributed by atoms with van der Waals surface area (Å²) in [5.41, 5.74) is 11.4. The Morgan fingerprint density at radius 3 is 2.55 bits per heavy atom. The summed E-state index contributed by atoms with van der Waals surface area (Å²) in [6.45, 7) is 4.64. The molecule has 5 aliphatic rings. The van der Waals surface area contributed by atoms with Crippen LogP contribution in [0.15, 0.2) is 94.7 Å². The minimum Gasteiger partial charge on any atom is -0.508 e. The van der Waals surface area contributed by atoms with Crippen molar-refractivity contribution in [3.05, 3.63) is 106 Å². The van der Waals surface area contributed by atoms with Gasteiger partial charge < -0.3 is 5.11 Å². The van der Waals surface area contributed by atoms with Crippen molar-refractivity contribution in [3.63, 3.8) is 0 Å². The second kappa shape index (κ2) is 8.20. The number of allylic oxidation sites excluding steroid dienone is 14. The number of benzene rings is 1. The molecule has 0 fully saturated rings. The largest absolute Gasteiger partial charge is 0.508 e. The van der Waals surface area contributed by atoms with E-state index in [0.29, 0.717) is 29.4 Å². The van der Waals surface area contributed by atoms with Crippen molar-refractivity contribution in [2.45, 2.75) is 58.3 Å². The molecule has 1 N–H and O–H groups in total. The summed E-state index contributed by atoms with van der Waals surface area (Å²) in [4.78, 5) is 0. The van der Waals surface area contributed by atoms with Crippen molar-refractivity contribution in [1.82, 2.24) is 0 Å². The lowest BCUT2D eigenvalue weighted by Gasteiger charge is -2.40. The smallest absolute Gasteiger partial charge is 0.116 e. The van der Waals surface area contributed by atoms with Gasteiger partial charge in [0.25, 0.3) is 0 Å². The summed E-state index contributed by atoms with van der Waals surface area (Å²) in [6, 6.07) is 6.06. The van der Waals surface area contributed by atoms with Gasteiger partial charge in [0.05, 0.1) is 0 Å². The molecule has 33 heavy (non-hydrogen) atoms. The fraction of sp³-hybridized carbons (Fsp3) is 0.375. The van der Waals surface area contributed by atoms with E-state index in [9.17, 15) is 5.11 Å². The van der Waals surface area contributed by atoms with E-state index in [4.69, 9.17) is 0 Å². The van der Waals surface area contributed by atoms with Crippen molar-refractivity contribution in [1.29, 1.82) is 0 Å². The van der Waals surface area contributed by atoms with Gasteiger partial charge in [-0.05, 0) is 113 Å². The number of hydrogen-bond donors (Lipinski definition) is 1. The summed E-state index contributed by atoms with van der Waals surface area (Å²) in [7, 11) is 0. The molecule has 4 atom stereocenters. The highest BCUT2D eigenvalue weighted by Gasteiger charge is 2.37. The van der Waals surface area contributed by atoms with E-state index in [-0.39, 0.29) is 0 Å². The van der Waals surface area contributed by atoms with Crippen LogP contribution in [-0.2, 0) is 0 Å². The Morgan fingerprint density at radius 2 is 1.73 bits per heavy atom. The van der Waals surface area contributed by atoms with Crippen molar-refractivity contribution < 1.29 is 5.11 Å². The quantitative estimate of drug-likeness (QED) is 0.496. The lowest BCUT2D eigenvalue weighted by molar-refractivity contribution is 0.474. The highest BCUT2D eigenvalue weighted by molar-refractivity contribution is 5.88. The first-order chi connectivity index (χ1) is 16.1. The van der Waals surface area contributed by atoms with Crippen molar-refractivity contribution >= 4 is 5.57 Å². The fourth-order valence-electron chi connectivity index (χ4n) is 6.61. The average Bonchev–Trinajstić information content (AvgIpc) is 2.83. The third kappa shape index (κ3) is 3.62. The minimum atomic E-state index is 0.364. The number of phenolic OH excluding ortho intramolecular Hbond substituents is 1. The van der Waals surface area contributed by atoms with Crippen LogP contribution in [0.5, 0.6) is 5.75 Å². The Hall–Kier alpha value is -2.80. The van der Waals surface area contributed by atoms with E-state index in [0.717, 1.165) is 19.3 Å². The van der Waals surface area contributed by atoms with Crippen LogP contribution in [0.4, 0.5) is 0 Å². The average molecular weight is 435 g/mol. The van der Waals surface area contributed by atoms with Gasteiger partial charge in [0.2, 0.25) is 0 Å². The number of aromatic hydroxyl groups is 1. The third-order valence-electron chi connectivity index (χ3n) is 8.20. The molecule has 0 aromatic heterocycles. The maximum atomic E-state index is 10.5. The summed E-state index contributed by atoms with van der Waals surface area (Å²) < 4.78 is 0. The van der Waals surface area contributed by atoms with Gasteiger partial charge in [0, 0.05) is 11.8 Å². The van der Waals surface area contributed by atoms with Gasteiger partial charge in [-0.3, -0.25) is 0 Å². The first kappa shape index (κ1) is 20.8. The molecule has 1 nitrogen and oxygen atoms in total. The maximum Gasteiger partial charge on any atom is 0.116 e. The Morgan fingerprint density at radius 1 is 0.909 bits per heavy atom. The van der Waals surface area contributed by atoms with E-state index in [1.54, 1.807) is 5.57 Å². The van der Waals surface area contributed by atoms with E-state index in [2.05, 4.69) is 68.5 Å². The molecule has 0 amide bonds. The van der Waals surface area contributed by atoms with Crippen molar-refractivity contribution in [2.75, 3.05) is 0 Å². The molecule has 1 heteroatoms. The summed E-state index contributed by atoms with van der Waals surface area (Å²) in [5, 5.41) is 10.5. The van der Waals surface area contributed by atoms with Gasteiger partial charge in [-0.25, -0.2) is 0 Å².